The molecule has 2 heteroatoms. The Labute approximate surface area is 106 Å². The second-order valence-corrected chi connectivity index (χ2v) is 4.89. The second kappa shape index (κ2) is 3.77. The molecule has 2 aliphatic heterocycles. The minimum atomic E-state index is 0.156. The Morgan fingerprint density at radius 3 is 2.67 bits per heavy atom. The summed E-state index contributed by atoms with van der Waals surface area (Å²) in [5, 5.41) is 0. The Hall–Kier alpha value is -1.96. The Balaban J connectivity index is 1.68. The van der Waals surface area contributed by atoms with Crippen LogP contribution in [0.5, 0.6) is 11.5 Å². The van der Waals surface area contributed by atoms with E-state index >= 15 is 0 Å². The fraction of sp³-hybridized carbons (Fsp3) is 0.250. The van der Waals surface area contributed by atoms with E-state index in [1.54, 1.807) is 0 Å². The maximum Gasteiger partial charge on any atom is 0.128 e. The summed E-state index contributed by atoms with van der Waals surface area (Å²) in [6.07, 6.45) is 2.10. The Kier molecular flexibility index (Phi) is 2.10. The lowest BCUT2D eigenvalue weighted by atomic mass is 10.0. The van der Waals surface area contributed by atoms with Crippen LogP contribution < -0.4 is 9.47 Å². The molecule has 0 spiro atoms. The van der Waals surface area contributed by atoms with Gasteiger partial charge in [0.2, 0.25) is 0 Å². The lowest BCUT2D eigenvalue weighted by Gasteiger charge is -2.10. The SMILES string of the molecule is c1ccc(C2Cc3cc4c(cc3O2)CCO4)cc1. The van der Waals surface area contributed by atoms with Crippen LogP contribution in [0, 0.1) is 0 Å². The molecule has 4 rings (SSSR count). The Morgan fingerprint density at radius 2 is 1.78 bits per heavy atom. The first-order valence-corrected chi connectivity index (χ1v) is 6.40. The van der Waals surface area contributed by atoms with Crippen LogP contribution in [0.25, 0.3) is 0 Å². The fourth-order valence-electron chi connectivity index (χ4n) is 2.76. The van der Waals surface area contributed by atoms with Crippen molar-refractivity contribution in [1.82, 2.24) is 0 Å². The second-order valence-electron chi connectivity index (χ2n) is 4.89. The van der Waals surface area contributed by atoms with Crippen molar-refractivity contribution in [2.75, 3.05) is 6.61 Å². The van der Waals surface area contributed by atoms with Crippen molar-refractivity contribution in [3.8, 4) is 11.5 Å². The summed E-state index contributed by atoms with van der Waals surface area (Å²) in [7, 11) is 0. The number of rotatable bonds is 1. The molecule has 90 valence electrons. The standard InChI is InChI=1S/C16H14O2/c1-2-4-11(5-3-1)15-10-13-9-14-12(6-7-17-14)8-16(13)18-15/h1-5,8-9,15H,6-7,10H2. The normalized spacial score (nSPS) is 19.9. The summed E-state index contributed by atoms with van der Waals surface area (Å²) in [5.41, 5.74) is 3.79. The third kappa shape index (κ3) is 1.49. The van der Waals surface area contributed by atoms with Crippen LogP contribution in [0.15, 0.2) is 42.5 Å². The van der Waals surface area contributed by atoms with Gasteiger partial charge in [-0.15, -0.1) is 0 Å². The van der Waals surface area contributed by atoms with Crippen molar-refractivity contribution in [2.45, 2.75) is 18.9 Å². The molecular weight excluding hydrogens is 224 g/mol. The molecule has 2 aliphatic rings. The molecule has 2 nitrogen and oxygen atoms in total. The van der Waals surface area contributed by atoms with Crippen molar-refractivity contribution in [2.24, 2.45) is 0 Å². The average molecular weight is 238 g/mol. The first-order chi connectivity index (χ1) is 8.90. The molecule has 2 aromatic rings. The van der Waals surface area contributed by atoms with E-state index in [0.29, 0.717) is 0 Å². The highest BCUT2D eigenvalue weighted by Crippen LogP contribution is 2.41. The predicted octanol–water partition coefficient (Wildman–Crippen LogP) is 3.30. The first-order valence-electron chi connectivity index (χ1n) is 6.40. The molecule has 0 aliphatic carbocycles. The van der Waals surface area contributed by atoms with Gasteiger partial charge in [0.1, 0.15) is 17.6 Å². The minimum Gasteiger partial charge on any atom is -0.493 e. The van der Waals surface area contributed by atoms with Crippen molar-refractivity contribution < 1.29 is 9.47 Å². The molecule has 1 atom stereocenters. The zero-order valence-corrected chi connectivity index (χ0v) is 10.1. The van der Waals surface area contributed by atoms with Gasteiger partial charge in [-0.05, 0) is 17.7 Å². The summed E-state index contributed by atoms with van der Waals surface area (Å²) in [5.74, 6) is 2.08. The highest BCUT2D eigenvalue weighted by atomic mass is 16.5. The monoisotopic (exact) mass is 238 g/mol. The van der Waals surface area contributed by atoms with Crippen molar-refractivity contribution in [3.05, 3.63) is 59.2 Å². The van der Waals surface area contributed by atoms with Gasteiger partial charge in [-0.3, -0.25) is 0 Å². The maximum absolute atomic E-state index is 6.06. The van der Waals surface area contributed by atoms with E-state index in [1.807, 2.05) is 6.07 Å². The summed E-state index contributed by atoms with van der Waals surface area (Å²) >= 11 is 0. The summed E-state index contributed by atoms with van der Waals surface area (Å²) in [6, 6.07) is 14.7. The van der Waals surface area contributed by atoms with Gasteiger partial charge in [-0.25, -0.2) is 0 Å². The Bertz CT molecular complexity index is 557. The molecule has 2 aromatic carbocycles. The molecule has 0 radical (unpaired) electrons. The van der Waals surface area contributed by atoms with Gasteiger partial charge in [0.15, 0.2) is 0 Å². The number of benzene rings is 2. The molecule has 18 heavy (non-hydrogen) atoms. The maximum atomic E-state index is 6.06. The van der Waals surface area contributed by atoms with E-state index in [2.05, 4.69) is 36.4 Å². The van der Waals surface area contributed by atoms with Gasteiger partial charge >= 0.3 is 0 Å². The smallest absolute Gasteiger partial charge is 0.128 e. The lowest BCUT2D eigenvalue weighted by Crippen LogP contribution is -2.02. The molecule has 0 saturated heterocycles. The van der Waals surface area contributed by atoms with E-state index in [0.717, 1.165) is 30.9 Å². The molecule has 2 heterocycles. The quantitative estimate of drug-likeness (QED) is 0.759. The summed E-state index contributed by atoms with van der Waals surface area (Å²) in [6.45, 7) is 0.806. The van der Waals surface area contributed by atoms with Crippen LogP contribution in [0.4, 0.5) is 0 Å². The van der Waals surface area contributed by atoms with Crippen LogP contribution in [0.3, 0.4) is 0 Å². The molecule has 0 amide bonds. The predicted molar refractivity (Wildman–Crippen MR) is 69.2 cm³/mol. The molecule has 0 bridgehead atoms. The van der Waals surface area contributed by atoms with Crippen LogP contribution in [-0.2, 0) is 12.8 Å². The van der Waals surface area contributed by atoms with E-state index in [1.165, 1.54) is 16.7 Å². The number of hydrogen-bond donors (Lipinski definition) is 0. The number of ether oxygens (including phenoxy) is 2. The van der Waals surface area contributed by atoms with Crippen LogP contribution >= 0.6 is 0 Å². The van der Waals surface area contributed by atoms with Crippen LogP contribution in [0.2, 0.25) is 0 Å². The molecule has 0 N–H and O–H groups in total. The number of fused-ring (bicyclic) bond motifs is 2. The first kappa shape index (κ1) is 10.0. The van der Waals surface area contributed by atoms with Gasteiger partial charge < -0.3 is 9.47 Å². The van der Waals surface area contributed by atoms with E-state index < -0.39 is 0 Å². The largest absolute Gasteiger partial charge is 0.493 e. The third-order valence-electron chi connectivity index (χ3n) is 3.72. The van der Waals surface area contributed by atoms with Crippen molar-refractivity contribution in [1.29, 1.82) is 0 Å². The highest BCUT2D eigenvalue weighted by Gasteiger charge is 2.27. The minimum absolute atomic E-state index is 0.156. The van der Waals surface area contributed by atoms with Crippen molar-refractivity contribution >= 4 is 0 Å². The third-order valence-corrected chi connectivity index (χ3v) is 3.72. The number of hydrogen-bond acceptors (Lipinski definition) is 2. The molecule has 0 saturated carbocycles. The fourth-order valence-corrected chi connectivity index (χ4v) is 2.76. The van der Waals surface area contributed by atoms with Gasteiger partial charge in [0.05, 0.1) is 6.61 Å². The average Bonchev–Trinajstić information content (AvgIpc) is 3.01. The summed E-state index contributed by atoms with van der Waals surface area (Å²) in [4.78, 5) is 0. The van der Waals surface area contributed by atoms with Gasteiger partial charge in [-0.1, -0.05) is 30.3 Å². The Morgan fingerprint density at radius 1 is 0.944 bits per heavy atom. The molecule has 0 fully saturated rings. The van der Waals surface area contributed by atoms with Gasteiger partial charge in [-0.2, -0.15) is 0 Å². The van der Waals surface area contributed by atoms with Crippen LogP contribution in [0.1, 0.15) is 22.8 Å². The van der Waals surface area contributed by atoms with E-state index in [-0.39, 0.29) is 6.10 Å². The van der Waals surface area contributed by atoms with Gasteiger partial charge in [0, 0.05) is 24.0 Å². The van der Waals surface area contributed by atoms with E-state index in [4.69, 9.17) is 9.47 Å². The van der Waals surface area contributed by atoms with Crippen molar-refractivity contribution in [3.63, 3.8) is 0 Å². The van der Waals surface area contributed by atoms with Gasteiger partial charge in [0.25, 0.3) is 0 Å². The highest BCUT2D eigenvalue weighted by molar-refractivity contribution is 5.50. The molecule has 0 aromatic heterocycles. The zero-order chi connectivity index (χ0) is 11.9. The molecule has 1 unspecified atom stereocenters. The topological polar surface area (TPSA) is 18.5 Å². The lowest BCUT2D eigenvalue weighted by molar-refractivity contribution is 0.238. The van der Waals surface area contributed by atoms with Crippen LogP contribution in [-0.4, -0.2) is 6.61 Å². The molecular formula is C16H14O2. The zero-order valence-electron chi connectivity index (χ0n) is 10.1. The summed E-state index contributed by atoms with van der Waals surface area (Å²) < 4.78 is 11.7. The van der Waals surface area contributed by atoms with E-state index in [9.17, 15) is 0 Å².